The van der Waals surface area contributed by atoms with Crippen molar-refractivity contribution in [1.29, 1.82) is 0 Å². The number of esters is 1. The predicted octanol–water partition coefficient (Wildman–Crippen LogP) is 1.14. The van der Waals surface area contributed by atoms with Crippen molar-refractivity contribution in [1.82, 2.24) is 20.9 Å². The quantitative estimate of drug-likeness (QED) is 0.582. The van der Waals surface area contributed by atoms with Crippen LogP contribution in [0.4, 0.5) is 4.79 Å². The van der Waals surface area contributed by atoms with Gasteiger partial charge in [-0.1, -0.05) is 12.1 Å². The highest BCUT2D eigenvalue weighted by Gasteiger charge is 2.32. The van der Waals surface area contributed by atoms with E-state index in [4.69, 9.17) is 4.74 Å². The van der Waals surface area contributed by atoms with Crippen LogP contribution in [0, 0.1) is 0 Å². The number of hydrogen-bond acceptors (Lipinski definition) is 5. The first kappa shape index (κ1) is 19.9. The van der Waals surface area contributed by atoms with Gasteiger partial charge in [-0.05, 0) is 37.5 Å². The molecule has 3 amide bonds. The molecule has 1 aliphatic heterocycles. The summed E-state index contributed by atoms with van der Waals surface area (Å²) in [5.41, 5.74) is 2.73. The van der Waals surface area contributed by atoms with E-state index < -0.39 is 5.97 Å². The Hall–Kier alpha value is -2.87. The van der Waals surface area contributed by atoms with Crippen LogP contribution in [-0.2, 0) is 16.1 Å². The monoisotopic (exact) mass is 386 g/mol. The fourth-order valence-electron chi connectivity index (χ4n) is 3.18. The first-order chi connectivity index (χ1) is 13.5. The molecule has 1 heterocycles. The Morgan fingerprint density at radius 1 is 1.21 bits per heavy atom. The third-order valence-electron chi connectivity index (χ3n) is 4.83. The maximum Gasteiger partial charge on any atom is 0.337 e. The lowest BCUT2D eigenvalue weighted by atomic mass is 10.1. The van der Waals surface area contributed by atoms with Crippen LogP contribution in [0.1, 0.15) is 35.7 Å². The van der Waals surface area contributed by atoms with Crippen molar-refractivity contribution < 1.29 is 19.1 Å². The molecular weight excluding hydrogens is 360 g/mol. The van der Waals surface area contributed by atoms with E-state index in [1.165, 1.54) is 0 Å². The molecule has 0 atom stereocenters. The van der Waals surface area contributed by atoms with Gasteiger partial charge in [0.05, 0.1) is 18.7 Å². The molecule has 8 heteroatoms. The second-order valence-corrected chi connectivity index (χ2v) is 6.90. The SMILES string of the molecule is CCOC(=O)C1=C(CN(Cc2ccc(C(=O)NC)cc2)C2CC2)NC(=O)NC1. The van der Waals surface area contributed by atoms with E-state index in [1.54, 1.807) is 26.1 Å². The van der Waals surface area contributed by atoms with Gasteiger partial charge in [-0.15, -0.1) is 0 Å². The van der Waals surface area contributed by atoms with Gasteiger partial charge in [0.15, 0.2) is 0 Å². The van der Waals surface area contributed by atoms with Crippen LogP contribution in [0.3, 0.4) is 0 Å². The molecule has 3 N–H and O–H groups in total. The molecule has 1 aliphatic carbocycles. The van der Waals surface area contributed by atoms with E-state index in [2.05, 4.69) is 20.9 Å². The van der Waals surface area contributed by atoms with Crippen molar-refractivity contribution >= 4 is 17.9 Å². The number of hydrogen-bond donors (Lipinski definition) is 3. The lowest BCUT2D eigenvalue weighted by Crippen LogP contribution is -2.47. The summed E-state index contributed by atoms with van der Waals surface area (Å²) >= 11 is 0. The van der Waals surface area contributed by atoms with E-state index in [1.807, 2.05) is 12.1 Å². The van der Waals surface area contributed by atoms with Crippen molar-refractivity contribution in [2.24, 2.45) is 0 Å². The molecule has 0 saturated heterocycles. The van der Waals surface area contributed by atoms with Crippen LogP contribution < -0.4 is 16.0 Å². The number of benzene rings is 1. The van der Waals surface area contributed by atoms with Crippen LogP contribution in [0.2, 0.25) is 0 Å². The lowest BCUT2D eigenvalue weighted by molar-refractivity contribution is -0.138. The molecule has 2 aliphatic rings. The molecular formula is C20H26N4O4. The van der Waals surface area contributed by atoms with Gasteiger partial charge in [0.1, 0.15) is 0 Å². The molecule has 0 radical (unpaired) electrons. The topological polar surface area (TPSA) is 99.8 Å². The van der Waals surface area contributed by atoms with Crippen LogP contribution in [0.15, 0.2) is 35.5 Å². The van der Waals surface area contributed by atoms with Crippen molar-refractivity contribution in [2.45, 2.75) is 32.4 Å². The average molecular weight is 386 g/mol. The highest BCUT2D eigenvalue weighted by atomic mass is 16.5. The van der Waals surface area contributed by atoms with Gasteiger partial charge in [0.25, 0.3) is 5.91 Å². The summed E-state index contributed by atoms with van der Waals surface area (Å²) < 4.78 is 5.12. The van der Waals surface area contributed by atoms with Crippen molar-refractivity contribution in [2.75, 3.05) is 26.7 Å². The molecule has 0 bridgehead atoms. The zero-order valence-electron chi connectivity index (χ0n) is 16.2. The van der Waals surface area contributed by atoms with Gasteiger partial charge in [0.2, 0.25) is 0 Å². The number of rotatable bonds is 8. The van der Waals surface area contributed by atoms with Crippen LogP contribution in [0.5, 0.6) is 0 Å². The molecule has 1 aromatic rings. The van der Waals surface area contributed by atoms with E-state index in [-0.39, 0.29) is 25.1 Å². The molecule has 0 aromatic heterocycles. The smallest absolute Gasteiger partial charge is 0.337 e. The van der Waals surface area contributed by atoms with Gasteiger partial charge >= 0.3 is 12.0 Å². The first-order valence-corrected chi connectivity index (χ1v) is 9.51. The summed E-state index contributed by atoms with van der Waals surface area (Å²) in [6.07, 6.45) is 2.18. The first-order valence-electron chi connectivity index (χ1n) is 9.51. The zero-order chi connectivity index (χ0) is 20.1. The maximum atomic E-state index is 12.2. The molecule has 3 rings (SSSR count). The molecule has 1 saturated carbocycles. The number of amides is 3. The number of carbonyl (C=O) groups is 3. The van der Waals surface area contributed by atoms with Gasteiger partial charge in [-0.25, -0.2) is 9.59 Å². The minimum atomic E-state index is -0.407. The minimum absolute atomic E-state index is 0.118. The Kier molecular flexibility index (Phi) is 6.30. The van der Waals surface area contributed by atoms with Gasteiger partial charge in [0, 0.05) is 37.4 Å². The Morgan fingerprint density at radius 3 is 2.54 bits per heavy atom. The molecule has 1 aromatic carbocycles. The fourth-order valence-corrected chi connectivity index (χ4v) is 3.18. The van der Waals surface area contributed by atoms with Crippen molar-refractivity contribution in [3.8, 4) is 0 Å². The molecule has 8 nitrogen and oxygen atoms in total. The van der Waals surface area contributed by atoms with Crippen LogP contribution in [0.25, 0.3) is 0 Å². The zero-order valence-corrected chi connectivity index (χ0v) is 16.2. The predicted molar refractivity (Wildman–Crippen MR) is 103 cm³/mol. The molecule has 0 unspecified atom stereocenters. The number of nitrogens with zero attached hydrogens (tertiary/aromatic N) is 1. The number of ether oxygens (including phenoxy) is 1. The summed E-state index contributed by atoms with van der Waals surface area (Å²) in [7, 11) is 1.60. The summed E-state index contributed by atoms with van der Waals surface area (Å²) in [4.78, 5) is 38.0. The number of carbonyl (C=O) groups excluding carboxylic acids is 3. The summed E-state index contributed by atoms with van der Waals surface area (Å²) in [5.74, 6) is -0.525. The van der Waals surface area contributed by atoms with E-state index >= 15 is 0 Å². The molecule has 1 fully saturated rings. The second kappa shape index (κ2) is 8.88. The molecule has 28 heavy (non-hydrogen) atoms. The van der Waals surface area contributed by atoms with Crippen molar-refractivity contribution in [3.63, 3.8) is 0 Å². The van der Waals surface area contributed by atoms with Gasteiger partial charge < -0.3 is 20.7 Å². The number of urea groups is 1. The Labute approximate surface area is 164 Å². The fraction of sp³-hybridized carbons (Fsp3) is 0.450. The van der Waals surface area contributed by atoms with Crippen LogP contribution in [-0.4, -0.2) is 55.6 Å². The summed E-state index contributed by atoms with van der Waals surface area (Å²) in [6, 6.07) is 7.57. The highest BCUT2D eigenvalue weighted by molar-refractivity contribution is 5.94. The minimum Gasteiger partial charge on any atom is -0.463 e. The summed E-state index contributed by atoms with van der Waals surface area (Å²) in [6.45, 7) is 3.34. The third kappa shape index (κ3) is 4.89. The Morgan fingerprint density at radius 2 is 1.93 bits per heavy atom. The third-order valence-corrected chi connectivity index (χ3v) is 4.83. The lowest BCUT2D eigenvalue weighted by Gasteiger charge is -2.28. The Balaban J connectivity index is 1.75. The Bertz CT molecular complexity index is 784. The van der Waals surface area contributed by atoms with E-state index in [0.717, 1.165) is 18.4 Å². The maximum absolute atomic E-state index is 12.2. The number of nitrogens with one attached hydrogen (secondary N) is 3. The largest absolute Gasteiger partial charge is 0.463 e. The summed E-state index contributed by atoms with van der Waals surface area (Å²) in [5, 5.41) is 8.01. The van der Waals surface area contributed by atoms with Crippen LogP contribution >= 0.6 is 0 Å². The molecule has 150 valence electrons. The van der Waals surface area contributed by atoms with E-state index in [0.29, 0.717) is 36.0 Å². The van der Waals surface area contributed by atoms with Gasteiger partial charge in [-0.2, -0.15) is 0 Å². The highest BCUT2D eigenvalue weighted by Crippen LogP contribution is 2.29. The average Bonchev–Trinajstić information content (AvgIpc) is 3.53. The molecule has 0 spiro atoms. The van der Waals surface area contributed by atoms with E-state index in [9.17, 15) is 14.4 Å². The van der Waals surface area contributed by atoms with Crippen molar-refractivity contribution in [3.05, 3.63) is 46.7 Å². The normalized spacial score (nSPS) is 16.5. The van der Waals surface area contributed by atoms with Gasteiger partial charge in [-0.3, -0.25) is 9.69 Å². The standard InChI is InChI=1S/C20H26N4O4/c1-3-28-19(26)16-10-22-20(27)23-17(16)12-24(15-8-9-15)11-13-4-6-14(7-5-13)18(25)21-2/h4-7,15H,3,8-12H2,1-2H3,(H,21,25)(H2,22,23,27). The second-order valence-electron chi connectivity index (χ2n) is 6.90.